The van der Waals surface area contributed by atoms with Crippen molar-refractivity contribution in [3.8, 4) is 0 Å². The van der Waals surface area contributed by atoms with Gasteiger partial charge in [-0.3, -0.25) is 9.59 Å². The number of allylic oxidation sites excluding steroid dienone is 7. The lowest BCUT2D eigenvalue weighted by Gasteiger charge is -2.23. The van der Waals surface area contributed by atoms with Crippen LogP contribution in [0.5, 0.6) is 0 Å². The van der Waals surface area contributed by atoms with Crippen LogP contribution in [0.4, 0.5) is 0 Å². The van der Waals surface area contributed by atoms with Crippen LogP contribution in [0.25, 0.3) is 6.08 Å². The number of rotatable bonds is 7. The summed E-state index contributed by atoms with van der Waals surface area (Å²) in [5.41, 5.74) is 3.46. The Hall–Kier alpha value is -4.04. The minimum atomic E-state index is -0.0237. The Labute approximate surface area is 188 Å². The molecule has 3 aromatic carbocycles. The highest BCUT2D eigenvalue weighted by atomic mass is 16.1. The summed E-state index contributed by atoms with van der Waals surface area (Å²) in [6.45, 7) is 0. The average molecular weight is 417 g/mol. The van der Waals surface area contributed by atoms with Crippen molar-refractivity contribution in [2.75, 3.05) is 0 Å². The molecule has 1 aliphatic rings. The molecule has 4 rings (SSSR count). The van der Waals surface area contributed by atoms with E-state index in [2.05, 4.69) is 18.2 Å². The van der Waals surface area contributed by atoms with Crippen molar-refractivity contribution in [3.05, 3.63) is 150 Å². The van der Waals surface area contributed by atoms with Gasteiger partial charge in [-0.2, -0.15) is 0 Å². The largest absolute Gasteiger partial charge is 0.289 e. The lowest BCUT2D eigenvalue weighted by atomic mass is 9.80. The highest BCUT2D eigenvalue weighted by molar-refractivity contribution is 6.07. The second-order valence-corrected chi connectivity index (χ2v) is 7.65. The lowest BCUT2D eigenvalue weighted by Crippen LogP contribution is -2.11. The molecule has 0 amide bonds. The van der Waals surface area contributed by atoms with Gasteiger partial charge in [-0.1, -0.05) is 121 Å². The molecule has 2 unspecified atom stereocenters. The van der Waals surface area contributed by atoms with E-state index in [-0.39, 0.29) is 23.4 Å². The number of hydrogen-bond donors (Lipinski definition) is 0. The third kappa shape index (κ3) is 5.16. The monoisotopic (exact) mass is 416 g/mol. The molecular formula is C30H24O2. The second-order valence-electron chi connectivity index (χ2n) is 7.65. The number of ketones is 2. The quantitative estimate of drug-likeness (QED) is 0.312. The highest BCUT2D eigenvalue weighted by Crippen LogP contribution is 2.34. The van der Waals surface area contributed by atoms with Crippen molar-refractivity contribution < 1.29 is 9.59 Å². The van der Waals surface area contributed by atoms with Gasteiger partial charge < -0.3 is 0 Å². The Balaban J connectivity index is 1.57. The summed E-state index contributed by atoms with van der Waals surface area (Å²) in [5.74, 6) is 0.0952. The molecule has 156 valence electrons. The molecule has 0 radical (unpaired) electrons. The van der Waals surface area contributed by atoms with Crippen molar-refractivity contribution in [1.29, 1.82) is 0 Å². The highest BCUT2D eigenvalue weighted by Gasteiger charge is 2.20. The molecule has 0 aromatic heterocycles. The number of carbonyl (C=O) groups is 2. The zero-order valence-corrected chi connectivity index (χ0v) is 17.7. The molecule has 1 aliphatic carbocycles. The van der Waals surface area contributed by atoms with E-state index in [9.17, 15) is 9.59 Å². The van der Waals surface area contributed by atoms with Crippen LogP contribution in [0, 0.1) is 5.92 Å². The SMILES string of the molecule is O=C(C=Cc1ccccc1C1C=CC=CC1C=CC(=O)c1ccccc1)c1ccccc1. The predicted molar refractivity (Wildman–Crippen MR) is 131 cm³/mol. The summed E-state index contributed by atoms with van der Waals surface area (Å²) in [5, 5.41) is 0. The Morgan fingerprint density at radius 3 is 1.88 bits per heavy atom. The van der Waals surface area contributed by atoms with Crippen molar-refractivity contribution in [2.45, 2.75) is 5.92 Å². The minimum Gasteiger partial charge on any atom is -0.289 e. The fraction of sp³-hybridized carbons (Fsp3) is 0.0667. The van der Waals surface area contributed by atoms with Crippen LogP contribution in [-0.4, -0.2) is 11.6 Å². The maximum atomic E-state index is 12.5. The fourth-order valence-corrected chi connectivity index (χ4v) is 3.85. The Morgan fingerprint density at radius 2 is 1.19 bits per heavy atom. The summed E-state index contributed by atoms with van der Waals surface area (Å²) in [4.78, 5) is 25.1. The first-order valence-electron chi connectivity index (χ1n) is 10.7. The van der Waals surface area contributed by atoms with Crippen LogP contribution < -0.4 is 0 Å². The van der Waals surface area contributed by atoms with Gasteiger partial charge in [0.25, 0.3) is 0 Å². The summed E-state index contributed by atoms with van der Waals surface area (Å²) in [6, 6.07) is 26.6. The average Bonchev–Trinajstić information content (AvgIpc) is 2.87. The van der Waals surface area contributed by atoms with Gasteiger partial charge in [-0.05, 0) is 23.3 Å². The topological polar surface area (TPSA) is 34.1 Å². The van der Waals surface area contributed by atoms with Crippen molar-refractivity contribution in [1.82, 2.24) is 0 Å². The van der Waals surface area contributed by atoms with Gasteiger partial charge in [-0.15, -0.1) is 0 Å². The van der Waals surface area contributed by atoms with Crippen LogP contribution in [0.2, 0.25) is 0 Å². The molecule has 3 aromatic rings. The van der Waals surface area contributed by atoms with E-state index in [0.29, 0.717) is 11.1 Å². The minimum absolute atomic E-state index is 0.00561. The summed E-state index contributed by atoms with van der Waals surface area (Å²) < 4.78 is 0. The number of hydrogen-bond acceptors (Lipinski definition) is 2. The summed E-state index contributed by atoms with van der Waals surface area (Å²) in [7, 11) is 0. The predicted octanol–water partition coefficient (Wildman–Crippen LogP) is 6.85. The molecule has 0 heterocycles. The maximum absolute atomic E-state index is 12.5. The zero-order chi connectivity index (χ0) is 22.2. The molecule has 0 spiro atoms. The Kier molecular flexibility index (Phi) is 6.84. The van der Waals surface area contributed by atoms with Crippen molar-refractivity contribution in [2.24, 2.45) is 5.92 Å². The normalized spacial score (nSPS) is 17.8. The van der Waals surface area contributed by atoms with Gasteiger partial charge in [0.15, 0.2) is 11.6 Å². The van der Waals surface area contributed by atoms with E-state index < -0.39 is 0 Å². The van der Waals surface area contributed by atoms with Crippen LogP contribution in [0.15, 0.2) is 127 Å². The van der Waals surface area contributed by atoms with Gasteiger partial charge in [-0.25, -0.2) is 0 Å². The molecule has 0 N–H and O–H groups in total. The maximum Gasteiger partial charge on any atom is 0.185 e. The molecule has 0 bridgehead atoms. The van der Waals surface area contributed by atoms with Gasteiger partial charge in [0.2, 0.25) is 0 Å². The fourth-order valence-electron chi connectivity index (χ4n) is 3.85. The van der Waals surface area contributed by atoms with Gasteiger partial charge >= 0.3 is 0 Å². The van der Waals surface area contributed by atoms with E-state index in [1.54, 1.807) is 12.2 Å². The van der Waals surface area contributed by atoms with E-state index in [4.69, 9.17) is 0 Å². The number of carbonyl (C=O) groups excluding carboxylic acids is 2. The van der Waals surface area contributed by atoms with Gasteiger partial charge in [0.1, 0.15) is 0 Å². The smallest absolute Gasteiger partial charge is 0.185 e. The van der Waals surface area contributed by atoms with Gasteiger partial charge in [0, 0.05) is 23.0 Å². The number of benzene rings is 3. The third-order valence-electron chi connectivity index (χ3n) is 5.53. The lowest BCUT2D eigenvalue weighted by molar-refractivity contribution is 0.103. The van der Waals surface area contributed by atoms with Crippen molar-refractivity contribution in [3.63, 3.8) is 0 Å². The van der Waals surface area contributed by atoms with Crippen LogP contribution in [0.1, 0.15) is 37.8 Å². The first kappa shape index (κ1) is 21.2. The molecule has 0 fully saturated rings. The zero-order valence-electron chi connectivity index (χ0n) is 17.7. The van der Waals surface area contributed by atoms with E-state index in [1.165, 1.54) is 0 Å². The molecule has 0 aliphatic heterocycles. The molecule has 2 nitrogen and oxygen atoms in total. The van der Waals surface area contributed by atoms with Gasteiger partial charge in [0.05, 0.1) is 0 Å². The summed E-state index contributed by atoms with van der Waals surface area (Å²) in [6.07, 6.45) is 15.4. The Morgan fingerprint density at radius 1 is 0.625 bits per heavy atom. The molecule has 2 atom stereocenters. The van der Waals surface area contributed by atoms with Crippen LogP contribution in [-0.2, 0) is 0 Å². The molecule has 2 heteroatoms. The van der Waals surface area contributed by atoms with E-state index in [0.717, 1.165) is 11.1 Å². The first-order valence-corrected chi connectivity index (χ1v) is 10.7. The molecule has 32 heavy (non-hydrogen) atoms. The van der Waals surface area contributed by atoms with Crippen LogP contribution in [0.3, 0.4) is 0 Å². The molecule has 0 saturated heterocycles. The molecule has 0 saturated carbocycles. The second kappa shape index (κ2) is 10.3. The molecular weight excluding hydrogens is 392 g/mol. The van der Waals surface area contributed by atoms with Crippen molar-refractivity contribution >= 4 is 17.6 Å². The standard InChI is InChI=1S/C30H24O2/c31-29(25-13-3-1-4-14-25)21-19-23-11-7-9-17-27(23)28-18-10-8-12-24(28)20-22-30(32)26-15-5-2-6-16-26/h1-23,27H. The third-order valence-corrected chi connectivity index (χ3v) is 5.53. The van der Waals surface area contributed by atoms with Crippen LogP contribution >= 0.6 is 0 Å². The van der Waals surface area contributed by atoms with E-state index in [1.807, 2.05) is 103 Å². The Bertz CT molecular complexity index is 1200. The summed E-state index contributed by atoms with van der Waals surface area (Å²) >= 11 is 0. The first-order chi connectivity index (χ1) is 15.7. The van der Waals surface area contributed by atoms with E-state index >= 15 is 0 Å².